The Balaban J connectivity index is 2.03. The van der Waals surface area contributed by atoms with E-state index in [4.69, 9.17) is 17.3 Å². The first-order valence-corrected chi connectivity index (χ1v) is 8.57. The highest BCUT2D eigenvalue weighted by molar-refractivity contribution is 6.36. The van der Waals surface area contributed by atoms with Crippen LogP contribution in [0, 0.1) is 5.82 Å². The minimum atomic E-state index is -1.33. The number of rotatable bonds is 3. The van der Waals surface area contributed by atoms with Gasteiger partial charge in [0.25, 0.3) is 5.56 Å². The van der Waals surface area contributed by atoms with Crippen molar-refractivity contribution in [3.05, 3.63) is 44.6 Å². The second-order valence-corrected chi connectivity index (χ2v) is 7.13. The fraction of sp³-hybridized carbons (Fsp3) is 0.412. The van der Waals surface area contributed by atoms with E-state index in [0.717, 1.165) is 29.9 Å². The van der Waals surface area contributed by atoms with Crippen LogP contribution in [0.1, 0.15) is 41.1 Å². The van der Waals surface area contributed by atoms with Gasteiger partial charge < -0.3 is 15.7 Å². The van der Waals surface area contributed by atoms with Crippen molar-refractivity contribution in [2.45, 2.75) is 31.2 Å². The van der Waals surface area contributed by atoms with Gasteiger partial charge in [0, 0.05) is 19.1 Å². The standard InChI is InChI=1S/C17H17ClFN3O3/c18-13-14-10(8-1-2-8)5-11(17(24)25)16(23)22(14)7-12(19)15(13)21-4-3-9(20)6-21/h5,7-9H,1-4,6,20H2,(H,24,25). The molecule has 25 heavy (non-hydrogen) atoms. The predicted octanol–water partition coefficient (Wildman–Crippen LogP) is 2.21. The Labute approximate surface area is 147 Å². The molecule has 2 aromatic heterocycles. The van der Waals surface area contributed by atoms with Crippen molar-refractivity contribution < 1.29 is 14.3 Å². The first-order chi connectivity index (χ1) is 11.9. The Morgan fingerprint density at radius 1 is 1.36 bits per heavy atom. The molecule has 0 amide bonds. The highest BCUT2D eigenvalue weighted by Gasteiger charge is 2.32. The van der Waals surface area contributed by atoms with Crippen molar-refractivity contribution in [3.8, 4) is 0 Å². The summed E-state index contributed by atoms with van der Waals surface area (Å²) >= 11 is 6.53. The highest BCUT2D eigenvalue weighted by atomic mass is 35.5. The molecule has 1 aliphatic carbocycles. The largest absolute Gasteiger partial charge is 0.477 e. The second kappa shape index (κ2) is 5.71. The number of halogens is 2. The molecule has 0 radical (unpaired) electrons. The number of aromatic nitrogens is 1. The maximum atomic E-state index is 14.7. The van der Waals surface area contributed by atoms with Crippen LogP contribution < -0.4 is 16.2 Å². The summed E-state index contributed by atoms with van der Waals surface area (Å²) in [5, 5.41) is 9.43. The molecule has 8 heteroatoms. The average Bonchev–Trinajstić information content (AvgIpc) is 3.30. The molecule has 1 saturated carbocycles. The van der Waals surface area contributed by atoms with Gasteiger partial charge in [-0.15, -0.1) is 0 Å². The van der Waals surface area contributed by atoms with Crippen LogP contribution in [0.2, 0.25) is 5.02 Å². The van der Waals surface area contributed by atoms with E-state index in [1.807, 2.05) is 0 Å². The van der Waals surface area contributed by atoms with Crippen LogP contribution in [0.5, 0.6) is 0 Å². The summed E-state index contributed by atoms with van der Waals surface area (Å²) in [5.41, 5.74) is 6.08. The number of hydrogen-bond donors (Lipinski definition) is 2. The topological polar surface area (TPSA) is 88.0 Å². The van der Waals surface area contributed by atoms with Crippen molar-refractivity contribution in [3.63, 3.8) is 0 Å². The fourth-order valence-electron chi connectivity index (χ4n) is 3.54. The molecule has 2 aliphatic rings. The van der Waals surface area contributed by atoms with Crippen molar-refractivity contribution in [1.29, 1.82) is 0 Å². The van der Waals surface area contributed by atoms with E-state index in [1.165, 1.54) is 6.07 Å². The van der Waals surface area contributed by atoms with E-state index in [-0.39, 0.29) is 28.2 Å². The number of aromatic carboxylic acids is 1. The highest BCUT2D eigenvalue weighted by Crippen LogP contribution is 2.45. The molecule has 1 aliphatic heterocycles. The molecule has 0 bridgehead atoms. The van der Waals surface area contributed by atoms with Gasteiger partial charge >= 0.3 is 5.97 Å². The Morgan fingerprint density at radius 2 is 2.08 bits per heavy atom. The zero-order chi connectivity index (χ0) is 17.9. The molecule has 1 unspecified atom stereocenters. The van der Waals surface area contributed by atoms with Crippen LogP contribution in [-0.2, 0) is 0 Å². The van der Waals surface area contributed by atoms with E-state index in [0.29, 0.717) is 24.2 Å². The number of pyridine rings is 2. The quantitative estimate of drug-likeness (QED) is 0.870. The van der Waals surface area contributed by atoms with Gasteiger partial charge in [0.1, 0.15) is 5.56 Å². The molecule has 1 atom stereocenters. The smallest absolute Gasteiger partial charge is 0.341 e. The number of anilines is 1. The maximum Gasteiger partial charge on any atom is 0.341 e. The Bertz CT molecular complexity index is 955. The van der Waals surface area contributed by atoms with E-state index >= 15 is 0 Å². The van der Waals surface area contributed by atoms with E-state index < -0.39 is 17.3 Å². The summed E-state index contributed by atoms with van der Waals surface area (Å²) < 4.78 is 15.8. The van der Waals surface area contributed by atoms with Crippen LogP contribution in [0.3, 0.4) is 0 Å². The van der Waals surface area contributed by atoms with Crippen LogP contribution in [-0.4, -0.2) is 34.6 Å². The van der Waals surface area contributed by atoms with E-state index in [1.54, 1.807) is 4.90 Å². The van der Waals surface area contributed by atoms with Gasteiger partial charge in [0.05, 0.1) is 22.4 Å². The van der Waals surface area contributed by atoms with Gasteiger partial charge in [-0.25, -0.2) is 9.18 Å². The number of carboxylic acids is 1. The van der Waals surface area contributed by atoms with Gasteiger partial charge in [0.2, 0.25) is 0 Å². The average molecular weight is 366 g/mol. The van der Waals surface area contributed by atoms with E-state index in [9.17, 15) is 19.1 Å². The number of carbonyl (C=O) groups is 1. The van der Waals surface area contributed by atoms with Crippen molar-refractivity contribution >= 4 is 28.8 Å². The van der Waals surface area contributed by atoms with Crippen LogP contribution >= 0.6 is 11.6 Å². The van der Waals surface area contributed by atoms with Gasteiger partial charge in [0.15, 0.2) is 5.82 Å². The van der Waals surface area contributed by atoms with Gasteiger partial charge in [-0.1, -0.05) is 11.6 Å². The summed E-state index contributed by atoms with van der Waals surface area (Å²) in [4.78, 5) is 25.6. The van der Waals surface area contributed by atoms with Crippen molar-refractivity contribution in [1.82, 2.24) is 4.40 Å². The second-order valence-electron chi connectivity index (χ2n) is 6.75. The molecular weight excluding hydrogens is 349 g/mol. The summed E-state index contributed by atoms with van der Waals surface area (Å²) in [6.07, 6.45) is 3.57. The molecule has 4 rings (SSSR count). The monoisotopic (exact) mass is 365 g/mol. The van der Waals surface area contributed by atoms with Crippen molar-refractivity contribution in [2.75, 3.05) is 18.0 Å². The van der Waals surface area contributed by atoms with E-state index in [2.05, 4.69) is 0 Å². The number of nitrogens with zero attached hydrogens (tertiary/aromatic N) is 2. The lowest BCUT2D eigenvalue weighted by Crippen LogP contribution is -2.28. The predicted molar refractivity (Wildman–Crippen MR) is 92.4 cm³/mol. The zero-order valence-electron chi connectivity index (χ0n) is 13.3. The molecule has 0 aromatic carbocycles. The molecule has 2 aromatic rings. The zero-order valence-corrected chi connectivity index (χ0v) is 14.1. The first-order valence-electron chi connectivity index (χ1n) is 8.19. The third-order valence-electron chi connectivity index (χ3n) is 4.94. The summed E-state index contributed by atoms with van der Waals surface area (Å²) in [6, 6.07) is 1.34. The van der Waals surface area contributed by atoms with Gasteiger partial charge in [-0.3, -0.25) is 9.20 Å². The molecule has 6 nitrogen and oxygen atoms in total. The molecule has 0 spiro atoms. The van der Waals surface area contributed by atoms with Gasteiger partial charge in [-0.05, 0) is 36.8 Å². The molecule has 3 heterocycles. The molecule has 132 valence electrons. The summed E-state index contributed by atoms with van der Waals surface area (Å²) in [7, 11) is 0. The molecule has 3 N–H and O–H groups in total. The summed E-state index contributed by atoms with van der Waals surface area (Å²) in [6.45, 7) is 1.08. The van der Waals surface area contributed by atoms with Crippen LogP contribution in [0.4, 0.5) is 10.1 Å². The summed E-state index contributed by atoms with van der Waals surface area (Å²) in [5.74, 6) is -1.84. The lowest BCUT2D eigenvalue weighted by molar-refractivity contribution is 0.0694. The lowest BCUT2D eigenvalue weighted by atomic mass is 10.1. The number of nitrogens with two attached hydrogens (primary N) is 1. The maximum absolute atomic E-state index is 14.7. The molecule has 2 fully saturated rings. The Kier molecular flexibility index (Phi) is 3.73. The third kappa shape index (κ3) is 2.58. The SMILES string of the molecule is NC1CCN(c2c(F)cn3c(=O)c(C(=O)O)cc(C4CC4)c3c2Cl)C1. The normalized spacial score (nSPS) is 20.4. The van der Waals surface area contributed by atoms with Gasteiger partial charge in [-0.2, -0.15) is 0 Å². The van der Waals surface area contributed by atoms with Crippen molar-refractivity contribution in [2.24, 2.45) is 5.73 Å². The first kappa shape index (κ1) is 16.4. The lowest BCUT2D eigenvalue weighted by Gasteiger charge is -2.22. The third-order valence-corrected chi connectivity index (χ3v) is 5.29. The Morgan fingerprint density at radius 3 is 2.64 bits per heavy atom. The van der Waals surface area contributed by atoms with Crippen LogP contribution in [0.25, 0.3) is 5.52 Å². The minimum Gasteiger partial charge on any atom is -0.477 e. The number of hydrogen-bond acceptors (Lipinski definition) is 4. The Hall–Kier alpha value is -2.12. The van der Waals surface area contributed by atoms with Crippen LogP contribution in [0.15, 0.2) is 17.1 Å². The molecule has 1 saturated heterocycles. The minimum absolute atomic E-state index is 0.0498. The number of fused-ring (bicyclic) bond motifs is 1. The molecular formula is C17H17ClFN3O3. The fourth-order valence-corrected chi connectivity index (χ4v) is 3.95. The number of carboxylic acid groups (broad SMARTS) is 1.